The molecule has 0 saturated carbocycles. The highest BCUT2D eigenvalue weighted by molar-refractivity contribution is 5.74. The normalized spacial score (nSPS) is 29.8. The second kappa shape index (κ2) is 4.07. The molecule has 0 amide bonds. The van der Waals surface area contributed by atoms with Gasteiger partial charge >= 0.3 is 5.97 Å². The summed E-state index contributed by atoms with van der Waals surface area (Å²) in [6.07, 6.45) is 0.674. The highest BCUT2D eigenvalue weighted by atomic mass is 16.5. The van der Waals surface area contributed by atoms with Gasteiger partial charge in [0.05, 0.1) is 6.10 Å². The number of likely N-dealkylation sites (tertiary alicyclic amines) is 1. The van der Waals surface area contributed by atoms with Gasteiger partial charge < -0.3 is 9.84 Å². The Morgan fingerprint density at radius 3 is 2.54 bits per heavy atom. The Labute approximate surface area is 78.5 Å². The van der Waals surface area contributed by atoms with Crippen LogP contribution < -0.4 is 0 Å². The van der Waals surface area contributed by atoms with Crippen molar-refractivity contribution in [2.45, 2.75) is 38.5 Å². The number of ether oxygens (including phenoxy) is 1. The summed E-state index contributed by atoms with van der Waals surface area (Å²) in [6.45, 7) is 4.74. The van der Waals surface area contributed by atoms with Crippen LogP contribution in [0.25, 0.3) is 0 Å². The number of rotatable bonds is 3. The van der Waals surface area contributed by atoms with E-state index in [4.69, 9.17) is 9.84 Å². The number of carboxylic acids is 1. The summed E-state index contributed by atoms with van der Waals surface area (Å²) in [7, 11) is 1.63. The lowest BCUT2D eigenvalue weighted by Crippen LogP contribution is -2.40. The Bertz CT molecular complexity index is 193. The largest absolute Gasteiger partial charge is 0.480 e. The van der Waals surface area contributed by atoms with Crippen molar-refractivity contribution in [1.82, 2.24) is 4.90 Å². The molecule has 1 rings (SSSR count). The maximum absolute atomic E-state index is 10.9. The average molecular weight is 187 g/mol. The highest BCUT2D eigenvalue weighted by Gasteiger charge is 2.37. The van der Waals surface area contributed by atoms with Crippen LogP contribution in [0.3, 0.4) is 0 Å². The van der Waals surface area contributed by atoms with E-state index in [9.17, 15) is 4.79 Å². The number of aliphatic carboxylic acids is 1. The van der Waals surface area contributed by atoms with Gasteiger partial charge in [-0.25, -0.2) is 0 Å². The molecular weight excluding hydrogens is 170 g/mol. The van der Waals surface area contributed by atoms with Crippen molar-refractivity contribution >= 4 is 5.97 Å². The molecule has 0 aromatic carbocycles. The smallest absolute Gasteiger partial charge is 0.321 e. The first-order chi connectivity index (χ1) is 6.06. The number of carboxylic acid groups (broad SMARTS) is 1. The molecule has 0 aromatic rings. The third kappa shape index (κ3) is 2.19. The zero-order valence-electron chi connectivity index (χ0n) is 8.36. The second-order valence-electron chi connectivity index (χ2n) is 3.74. The molecule has 1 aliphatic rings. The fraction of sp³-hybridized carbons (Fsp3) is 0.889. The number of carbonyl (C=O) groups is 1. The van der Waals surface area contributed by atoms with Crippen molar-refractivity contribution in [2.24, 2.45) is 0 Å². The summed E-state index contributed by atoms with van der Waals surface area (Å²) in [5.74, 6) is -0.742. The van der Waals surface area contributed by atoms with Gasteiger partial charge in [-0.15, -0.1) is 0 Å². The average Bonchev–Trinajstić information content (AvgIpc) is 2.47. The molecule has 4 nitrogen and oxygen atoms in total. The Hall–Kier alpha value is -0.610. The molecule has 0 spiro atoms. The topological polar surface area (TPSA) is 49.8 Å². The highest BCUT2D eigenvalue weighted by Crippen LogP contribution is 2.22. The lowest BCUT2D eigenvalue weighted by atomic mass is 10.2. The molecule has 1 N–H and O–H groups in total. The second-order valence-corrected chi connectivity index (χ2v) is 3.74. The van der Waals surface area contributed by atoms with E-state index >= 15 is 0 Å². The number of hydrogen-bond donors (Lipinski definition) is 1. The Kier molecular flexibility index (Phi) is 3.27. The minimum Gasteiger partial charge on any atom is -0.480 e. The van der Waals surface area contributed by atoms with Gasteiger partial charge in [-0.1, -0.05) is 0 Å². The quantitative estimate of drug-likeness (QED) is 0.701. The Morgan fingerprint density at radius 2 is 2.23 bits per heavy atom. The van der Waals surface area contributed by atoms with Crippen LogP contribution in [0.2, 0.25) is 0 Å². The van der Waals surface area contributed by atoms with E-state index in [-0.39, 0.29) is 18.2 Å². The molecule has 2 unspecified atom stereocenters. The van der Waals surface area contributed by atoms with E-state index in [1.165, 1.54) is 0 Å². The van der Waals surface area contributed by atoms with E-state index < -0.39 is 5.97 Å². The number of nitrogens with zero attached hydrogens (tertiary/aromatic N) is 1. The summed E-state index contributed by atoms with van der Waals surface area (Å²) in [4.78, 5) is 12.8. The fourth-order valence-corrected chi connectivity index (χ4v) is 1.81. The van der Waals surface area contributed by atoms with Crippen LogP contribution in [-0.4, -0.2) is 47.8 Å². The SMILES string of the molecule is COC1CC(C(=O)O)N(C(C)C)C1. The summed E-state index contributed by atoms with van der Waals surface area (Å²) in [5.41, 5.74) is 0. The molecule has 1 aliphatic heterocycles. The van der Waals surface area contributed by atoms with E-state index in [2.05, 4.69) is 0 Å². The van der Waals surface area contributed by atoms with Gasteiger partial charge in [0, 0.05) is 26.1 Å². The van der Waals surface area contributed by atoms with Crippen molar-refractivity contribution in [3.05, 3.63) is 0 Å². The zero-order chi connectivity index (χ0) is 10.0. The third-order valence-corrected chi connectivity index (χ3v) is 2.58. The number of hydrogen-bond acceptors (Lipinski definition) is 3. The molecule has 0 aromatic heterocycles. The van der Waals surface area contributed by atoms with Crippen molar-refractivity contribution in [3.63, 3.8) is 0 Å². The Balaban J connectivity index is 2.65. The molecule has 13 heavy (non-hydrogen) atoms. The predicted molar refractivity (Wildman–Crippen MR) is 48.7 cm³/mol. The van der Waals surface area contributed by atoms with Crippen molar-refractivity contribution in [3.8, 4) is 0 Å². The lowest BCUT2D eigenvalue weighted by Gasteiger charge is -2.24. The van der Waals surface area contributed by atoms with Gasteiger partial charge in [0.15, 0.2) is 0 Å². The van der Waals surface area contributed by atoms with Crippen LogP contribution in [0.1, 0.15) is 20.3 Å². The fourth-order valence-electron chi connectivity index (χ4n) is 1.81. The minimum atomic E-state index is -0.742. The molecule has 0 radical (unpaired) electrons. The van der Waals surface area contributed by atoms with Gasteiger partial charge in [0.1, 0.15) is 6.04 Å². The predicted octanol–water partition coefficient (Wildman–Crippen LogP) is 0.569. The first kappa shape index (κ1) is 10.5. The maximum atomic E-state index is 10.9. The summed E-state index contributed by atoms with van der Waals surface area (Å²) in [5, 5.41) is 8.95. The molecule has 1 heterocycles. The van der Waals surface area contributed by atoms with E-state index in [1.54, 1.807) is 7.11 Å². The standard InChI is InChI=1S/C9H17NO3/c1-6(2)10-5-7(13-3)4-8(10)9(11)12/h6-8H,4-5H2,1-3H3,(H,11,12). The molecule has 4 heteroatoms. The molecule has 76 valence electrons. The van der Waals surface area contributed by atoms with Crippen LogP contribution in [0.5, 0.6) is 0 Å². The third-order valence-electron chi connectivity index (χ3n) is 2.58. The summed E-state index contributed by atoms with van der Waals surface area (Å²) >= 11 is 0. The molecule has 1 saturated heterocycles. The van der Waals surface area contributed by atoms with Crippen LogP contribution in [-0.2, 0) is 9.53 Å². The van der Waals surface area contributed by atoms with Gasteiger partial charge in [-0.3, -0.25) is 9.69 Å². The number of methoxy groups -OCH3 is 1. The van der Waals surface area contributed by atoms with Crippen LogP contribution in [0.4, 0.5) is 0 Å². The monoisotopic (exact) mass is 187 g/mol. The van der Waals surface area contributed by atoms with Crippen molar-refractivity contribution in [2.75, 3.05) is 13.7 Å². The van der Waals surface area contributed by atoms with E-state index in [0.29, 0.717) is 6.42 Å². The minimum absolute atomic E-state index is 0.0727. The van der Waals surface area contributed by atoms with Crippen LogP contribution in [0.15, 0.2) is 0 Å². The van der Waals surface area contributed by atoms with Crippen molar-refractivity contribution < 1.29 is 14.6 Å². The van der Waals surface area contributed by atoms with Crippen LogP contribution >= 0.6 is 0 Å². The molecule has 1 fully saturated rings. The maximum Gasteiger partial charge on any atom is 0.321 e. The van der Waals surface area contributed by atoms with Crippen molar-refractivity contribution in [1.29, 1.82) is 0 Å². The first-order valence-electron chi connectivity index (χ1n) is 4.57. The van der Waals surface area contributed by atoms with Gasteiger partial charge in [-0.05, 0) is 13.8 Å². The first-order valence-corrected chi connectivity index (χ1v) is 4.57. The Morgan fingerprint density at radius 1 is 1.62 bits per heavy atom. The van der Waals surface area contributed by atoms with Gasteiger partial charge in [0.25, 0.3) is 0 Å². The molecule has 2 atom stereocenters. The summed E-state index contributed by atoms with van der Waals surface area (Å²) < 4.78 is 5.17. The van der Waals surface area contributed by atoms with E-state index in [0.717, 1.165) is 6.54 Å². The molecular formula is C9H17NO3. The van der Waals surface area contributed by atoms with Crippen LogP contribution in [0, 0.1) is 0 Å². The molecule has 0 bridgehead atoms. The lowest BCUT2D eigenvalue weighted by molar-refractivity contribution is -0.142. The van der Waals surface area contributed by atoms with E-state index in [1.807, 2.05) is 18.7 Å². The zero-order valence-corrected chi connectivity index (χ0v) is 8.36. The van der Waals surface area contributed by atoms with Gasteiger partial charge in [0.2, 0.25) is 0 Å². The summed E-state index contributed by atoms with van der Waals surface area (Å²) in [6, 6.07) is -0.105. The molecule has 0 aliphatic carbocycles. The van der Waals surface area contributed by atoms with Gasteiger partial charge in [-0.2, -0.15) is 0 Å².